The van der Waals surface area contributed by atoms with Crippen LogP contribution < -0.4 is 10.6 Å². The Morgan fingerprint density at radius 2 is 2.24 bits per heavy atom. The smallest absolute Gasteiger partial charge is 0.293 e. The fourth-order valence-electron chi connectivity index (χ4n) is 2.14. The number of carbonyl (C=O) groups excluding carboxylic acids is 1. The second-order valence-electron chi connectivity index (χ2n) is 4.07. The van der Waals surface area contributed by atoms with Crippen molar-refractivity contribution in [2.75, 3.05) is 17.2 Å². The lowest BCUT2D eigenvalue weighted by Crippen LogP contribution is -2.28. The highest BCUT2D eigenvalue weighted by Crippen LogP contribution is 2.31. The van der Waals surface area contributed by atoms with E-state index in [1.165, 1.54) is 6.26 Å². The number of nitrogen functional groups attached to an aromatic ring is 1. The van der Waals surface area contributed by atoms with Crippen LogP contribution in [0.25, 0.3) is 0 Å². The summed E-state index contributed by atoms with van der Waals surface area (Å²) >= 11 is 0. The summed E-state index contributed by atoms with van der Waals surface area (Å²) in [6, 6.07) is 9.05. The number of nitrogens with zero attached hydrogens (tertiary/aromatic N) is 1. The molecule has 17 heavy (non-hydrogen) atoms. The lowest BCUT2D eigenvalue weighted by molar-refractivity contribution is 0.0963. The molecule has 0 spiro atoms. The summed E-state index contributed by atoms with van der Waals surface area (Å²) in [6.07, 6.45) is 2.37. The standard InChI is InChI=1S/C13H12N2O2/c14-10-4-3-9-5-6-15(11(9)8-10)13(16)12-2-1-7-17-12/h1-4,7-8H,5-6,14H2. The minimum Gasteiger partial charge on any atom is -0.459 e. The quantitative estimate of drug-likeness (QED) is 0.760. The molecule has 3 rings (SSSR count). The zero-order valence-corrected chi connectivity index (χ0v) is 9.22. The number of hydrogen-bond acceptors (Lipinski definition) is 3. The number of hydrogen-bond donors (Lipinski definition) is 1. The van der Waals surface area contributed by atoms with Gasteiger partial charge in [-0.2, -0.15) is 0 Å². The fraction of sp³-hybridized carbons (Fsp3) is 0.154. The maximum absolute atomic E-state index is 12.2. The third-order valence-corrected chi connectivity index (χ3v) is 2.98. The van der Waals surface area contributed by atoms with Crippen molar-refractivity contribution < 1.29 is 9.21 Å². The summed E-state index contributed by atoms with van der Waals surface area (Å²) in [7, 11) is 0. The average molecular weight is 228 g/mol. The first kappa shape index (κ1) is 9.96. The van der Waals surface area contributed by atoms with Gasteiger partial charge in [-0.1, -0.05) is 6.07 Å². The molecule has 2 heterocycles. The first-order valence-electron chi connectivity index (χ1n) is 5.49. The molecule has 0 fully saturated rings. The molecule has 0 saturated heterocycles. The van der Waals surface area contributed by atoms with E-state index in [9.17, 15) is 4.79 Å². The number of benzene rings is 1. The molecule has 0 aliphatic carbocycles. The third-order valence-electron chi connectivity index (χ3n) is 2.98. The van der Waals surface area contributed by atoms with Gasteiger partial charge in [0.1, 0.15) is 0 Å². The van der Waals surface area contributed by atoms with Gasteiger partial charge in [-0.3, -0.25) is 4.79 Å². The second-order valence-corrected chi connectivity index (χ2v) is 4.07. The number of nitrogens with two attached hydrogens (primary N) is 1. The first-order valence-corrected chi connectivity index (χ1v) is 5.49. The van der Waals surface area contributed by atoms with Gasteiger partial charge in [-0.25, -0.2) is 0 Å². The van der Waals surface area contributed by atoms with Crippen molar-refractivity contribution >= 4 is 17.3 Å². The predicted octanol–water partition coefficient (Wildman–Crippen LogP) is 2.06. The largest absolute Gasteiger partial charge is 0.459 e. The Hall–Kier alpha value is -2.23. The van der Waals surface area contributed by atoms with E-state index < -0.39 is 0 Å². The second kappa shape index (κ2) is 3.66. The SMILES string of the molecule is Nc1ccc2c(c1)N(C(=O)c1ccco1)CC2. The number of furan rings is 1. The summed E-state index contributed by atoms with van der Waals surface area (Å²) in [5.41, 5.74) is 8.47. The highest BCUT2D eigenvalue weighted by atomic mass is 16.3. The van der Waals surface area contributed by atoms with Gasteiger partial charge in [-0.05, 0) is 36.2 Å². The normalized spacial score (nSPS) is 13.8. The minimum absolute atomic E-state index is 0.112. The maximum atomic E-state index is 12.2. The van der Waals surface area contributed by atoms with E-state index in [1.54, 1.807) is 17.0 Å². The molecule has 1 aromatic heterocycles. The van der Waals surface area contributed by atoms with Gasteiger partial charge in [0.05, 0.1) is 6.26 Å². The van der Waals surface area contributed by atoms with Gasteiger partial charge in [0.2, 0.25) is 0 Å². The molecule has 0 atom stereocenters. The van der Waals surface area contributed by atoms with Crippen LogP contribution in [0.2, 0.25) is 0 Å². The molecule has 0 unspecified atom stereocenters. The van der Waals surface area contributed by atoms with Crippen LogP contribution in [0, 0.1) is 0 Å². The average Bonchev–Trinajstić information content (AvgIpc) is 2.97. The van der Waals surface area contributed by atoms with Gasteiger partial charge < -0.3 is 15.1 Å². The molecule has 0 saturated carbocycles. The molecular formula is C13H12N2O2. The molecular weight excluding hydrogens is 216 g/mol. The number of anilines is 2. The summed E-state index contributed by atoms with van der Waals surface area (Å²) < 4.78 is 5.13. The van der Waals surface area contributed by atoms with Crippen LogP contribution in [0.1, 0.15) is 16.1 Å². The van der Waals surface area contributed by atoms with E-state index in [-0.39, 0.29) is 5.91 Å². The molecule has 1 aliphatic rings. The van der Waals surface area contributed by atoms with Crippen LogP contribution >= 0.6 is 0 Å². The lowest BCUT2D eigenvalue weighted by Gasteiger charge is -2.15. The Labute approximate surface area is 98.6 Å². The van der Waals surface area contributed by atoms with Gasteiger partial charge in [0.25, 0.3) is 5.91 Å². The number of amides is 1. The first-order chi connectivity index (χ1) is 8.25. The van der Waals surface area contributed by atoms with E-state index in [0.29, 0.717) is 18.0 Å². The molecule has 4 nitrogen and oxygen atoms in total. The number of rotatable bonds is 1. The van der Waals surface area contributed by atoms with Gasteiger partial charge in [0, 0.05) is 17.9 Å². The van der Waals surface area contributed by atoms with Crippen LogP contribution in [0.15, 0.2) is 41.0 Å². The Morgan fingerprint density at radius 3 is 3.00 bits per heavy atom. The van der Waals surface area contributed by atoms with Crippen LogP contribution in [0.5, 0.6) is 0 Å². The molecule has 0 bridgehead atoms. The summed E-state index contributed by atoms with van der Waals surface area (Å²) in [4.78, 5) is 13.9. The fourth-order valence-corrected chi connectivity index (χ4v) is 2.14. The third kappa shape index (κ3) is 1.58. The molecule has 4 heteroatoms. The predicted molar refractivity (Wildman–Crippen MR) is 64.9 cm³/mol. The molecule has 2 N–H and O–H groups in total. The van der Waals surface area contributed by atoms with Crippen molar-refractivity contribution in [2.45, 2.75) is 6.42 Å². The van der Waals surface area contributed by atoms with E-state index >= 15 is 0 Å². The van der Waals surface area contributed by atoms with E-state index in [4.69, 9.17) is 10.2 Å². The van der Waals surface area contributed by atoms with Crippen molar-refractivity contribution in [3.8, 4) is 0 Å². The van der Waals surface area contributed by atoms with Crippen LogP contribution in [-0.2, 0) is 6.42 Å². The van der Waals surface area contributed by atoms with E-state index in [2.05, 4.69) is 0 Å². The van der Waals surface area contributed by atoms with Crippen LogP contribution in [0.3, 0.4) is 0 Å². The highest BCUT2D eigenvalue weighted by Gasteiger charge is 2.26. The lowest BCUT2D eigenvalue weighted by atomic mass is 10.1. The molecule has 0 radical (unpaired) electrons. The van der Waals surface area contributed by atoms with E-state index in [0.717, 1.165) is 17.7 Å². The Morgan fingerprint density at radius 1 is 1.35 bits per heavy atom. The van der Waals surface area contributed by atoms with Crippen molar-refractivity contribution in [2.24, 2.45) is 0 Å². The zero-order valence-electron chi connectivity index (χ0n) is 9.22. The Balaban J connectivity index is 1.98. The van der Waals surface area contributed by atoms with Crippen molar-refractivity contribution in [1.82, 2.24) is 0 Å². The van der Waals surface area contributed by atoms with Gasteiger partial charge in [0.15, 0.2) is 5.76 Å². The number of fused-ring (bicyclic) bond motifs is 1. The molecule has 1 aliphatic heterocycles. The van der Waals surface area contributed by atoms with Gasteiger partial charge >= 0.3 is 0 Å². The van der Waals surface area contributed by atoms with Crippen LogP contribution in [-0.4, -0.2) is 12.5 Å². The van der Waals surface area contributed by atoms with Crippen molar-refractivity contribution in [1.29, 1.82) is 0 Å². The summed E-state index contributed by atoms with van der Waals surface area (Å²) in [6.45, 7) is 0.679. The van der Waals surface area contributed by atoms with Crippen molar-refractivity contribution in [3.05, 3.63) is 47.9 Å². The molecule has 1 amide bonds. The zero-order chi connectivity index (χ0) is 11.8. The molecule has 1 aromatic carbocycles. The Bertz CT molecular complexity index is 561. The molecule has 86 valence electrons. The summed E-state index contributed by atoms with van der Waals surface area (Å²) in [5.74, 6) is 0.250. The minimum atomic E-state index is -0.112. The number of carbonyl (C=O) groups is 1. The summed E-state index contributed by atoms with van der Waals surface area (Å²) in [5, 5.41) is 0. The highest BCUT2D eigenvalue weighted by molar-refractivity contribution is 6.05. The maximum Gasteiger partial charge on any atom is 0.293 e. The van der Waals surface area contributed by atoms with Gasteiger partial charge in [-0.15, -0.1) is 0 Å². The van der Waals surface area contributed by atoms with Crippen molar-refractivity contribution in [3.63, 3.8) is 0 Å². The monoisotopic (exact) mass is 228 g/mol. The van der Waals surface area contributed by atoms with E-state index in [1.807, 2.05) is 18.2 Å². The topological polar surface area (TPSA) is 59.5 Å². The molecule has 2 aromatic rings. The van der Waals surface area contributed by atoms with Crippen LogP contribution in [0.4, 0.5) is 11.4 Å². The Kier molecular flexibility index (Phi) is 2.14.